The van der Waals surface area contributed by atoms with E-state index in [0.717, 1.165) is 0 Å². The summed E-state index contributed by atoms with van der Waals surface area (Å²) in [6.45, 7) is 1.69. The maximum absolute atomic E-state index is 13.9. The van der Waals surface area contributed by atoms with Gasteiger partial charge in [0.25, 0.3) is 10.1 Å². The van der Waals surface area contributed by atoms with Gasteiger partial charge in [-0.1, -0.05) is 13.3 Å². The molecule has 1 aliphatic rings. The van der Waals surface area contributed by atoms with Crippen molar-refractivity contribution >= 4 is 21.2 Å². The van der Waals surface area contributed by atoms with Crippen LogP contribution in [-0.4, -0.2) is 40.5 Å². The first-order valence-electron chi connectivity index (χ1n) is 5.02. The highest BCUT2D eigenvalue weighted by atomic mass is 32.2. The molecule has 1 aliphatic heterocycles. The molecular formula is C8H15FO5S2. The number of alkyl halides is 1. The highest BCUT2D eigenvalue weighted by Crippen LogP contribution is 2.27. The van der Waals surface area contributed by atoms with Crippen LogP contribution in [0.4, 0.5) is 4.39 Å². The smallest absolute Gasteiger partial charge is 0.273 e. The summed E-state index contributed by atoms with van der Waals surface area (Å²) in [7, 11) is -3.90. The molecule has 4 unspecified atom stereocenters. The van der Waals surface area contributed by atoms with Crippen molar-refractivity contribution in [3.8, 4) is 0 Å². The molecule has 1 heterocycles. The van der Waals surface area contributed by atoms with Gasteiger partial charge in [-0.15, -0.1) is 0 Å². The van der Waals surface area contributed by atoms with E-state index in [1.165, 1.54) is 0 Å². The van der Waals surface area contributed by atoms with Gasteiger partial charge >= 0.3 is 0 Å². The molecule has 0 radical (unpaired) electrons. The Labute approximate surface area is 96.8 Å². The predicted molar refractivity (Wildman–Crippen MR) is 57.6 cm³/mol. The molecule has 0 amide bonds. The third kappa shape index (κ3) is 2.99. The van der Waals surface area contributed by atoms with Crippen molar-refractivity contribution in [2.75, 3.05) is 6.61 Å². The van der Waals surface area contributed by atoms with E-state index in [2.05, 4.69) is 4.18 Å². The van der Waals surface area contributed by atoms with E-state index < -0.39 is 37.9 Å². The Hall–Kier alpha value is -0.0500. The zero-order chi connectivity index (χ0) is 12.3. The Balaban J connectivity index is 2.82. The first-order valence-corrected chi connectivity index (χ1v) is 7.66. The predicted octanol–water partition coefficient (Wildman–Crippen LogP) is 0.834. The van der Waals surface area contributed by atoms with E-state index in [1.807, 2.05) is 0 Å². The van der Waals surface area contributed by atoms with Gasteiger partial charge in [0, 0.05) is 0 Å². The van der Waals surface area contributed by atoms with E-state index in [-0.39, 0.29) is 19.4 Å². The minimum absolute atomic E-state index is 0.0426. The summed E-state index contributed by atoms with van der Waals surface area (Å²) in [6, 6.07) is 0. The Morgan fingerprint density at radius 2 is 2.25 bits per heavy atom. The lowest BCUT2D eigenvalue weighted by molar-refractivity contribution is 0.290. The monoisotopic (exact) mass is 274 g/mol. The van der Waals surface area contributed by atoms with Crippen molar-refractivity contribution in [3.05, 3.63) is 0 Å². The van der Waals surface area contributed by atoms with Crippen LogP contribution in [0.3, 0.4) is 0 Å². The number of hydrogen-bond acceptors (Lipinski definition) is 4. The summed E-state index contributed by atoms with van der Waals surface area (Å²) >= 11 is -2.36. The summed E-state index contributed by atoms with van der Waals surface area (Å²) < 4.78 is 60.8. The Morgan fingerprint density at radius 1 is 1.62 bits per heavy atom. The van der Waals surface area contributed by atoms with Crippen LogP contribution in [-0.2, 0) is 25.4 Å². The van der Waals surface area contributed by atoms with Crippen LogP contribution in [0.15, 0.2) is 0 Å². The van der Waals surface area contributed by atoms with Crippen LogP contribution in [0.2, 0.25) is 0 Å². The standard InChI is InChI=1S/C8H15FO5S2/c1-2-3-6(15(10)11)8(9)7-4-5-14-16(7,12)13/h6-8H,2-5H2,1H3,(H,10,11). The average Bonchev–Trinajstić information content (AvgIpc) is 2.53. The van der Waals surface area contributed by atoms with Crippen LogP contribution >= 0.6 is 0 Å². The molecule has 1 N–H and O–H groups in total. The van der Waals surface area contributed by atoms with Crippen LogP contribution in [0.5, 0.6) is 0 Å². The molecule has 5 nitrogen and oxygen atoms in total. The zero-order valence-electron chi connectivity index (χ0n) is 8.84. The highest BCUT2D eigenvalue weighted by molar-refractivity contribution is 7.87. The zero-order valence-corrected chi connectivity index (χ0v) is 10.5. The van der Waals surface area contributed by atoms with Crippen LogP contribution < -0.4 is 0 Å². The summed E-state index contributed by atoms with van der Waals surface area (Å²) in [4.78, 5) is 0. The van der Waals surface area contributed by atoms with E-state index in [1.54, 1.807) is 6.92 Å². The molecule has 0 aromatic carbocycles. The van der Waals surface area contributed by atoms with E-state index in [0.29, 0.717) is 6.42 Å². The Bertz CT molecular complexity index is 355. The molecule has 8 heteroatoms. The van der Waals surface area contributed by atoms with Crippen molar-refractivity contribution in [2.24, 2.45) is 0 Å². The lowest BCUT2D eigenvalue weighted by Crippen LogP contribution is -2.39. The van der Waals surface area contributed by atoms with Gasteiger partial charge in [0.15, 0.2) is 11.1 Å². The molecule has 0 aliphatic carbocycles. The second-order valence-electron chi connectivity index (χ2n) is 3.69. The average molecular weight is 274 g/mol. The van der Waals surface area contributed by atoms with Gasteiger partial charge in [0.2, 0.25) is 0 Å². The van der Waals surface area contributed by atoms with Crippen molar-refractivity contribution in [2.45, 2.75) is 42.9 Å². The maximum Gasteiger partial charge on any atom is 0.273 e. The quantitative estimate of drug-likeness (QED) is 0.593. The van der Waals surface area contributed by atoms with E-state index >= 15 is 0 Å². The molecule has 1 saturated heterocycles. The second kappa shape index (κ2) is 5.52. The van der Waals surface area contributed by atoms with Crippen molar-refractivity contribution in [1.29, 1.82) is 0 Å². The maximum atomic E-state index is 13.9. The van der Waals surface area contributed by atoms with Gasteiger partial charge in [-0.3, -0.25) is 4.18 Å². The normalized spacial score (nSPS) is 29.8. The number of hydrogen-bond donors (Lipinski definition) is 1. The summed E-state index contributed by atoms with van der Waals surface area (Å²) in [5.41, 5.74) is 0. The number of halogens is 1. The molecule has 1 rings (SSSR count). The van der Waals surface area contributed by atoms with E-state index in [4.69, 9.17) is 4.55 Å². The molecule has 96 valence electrons. The van der Waals surface area contributed by atoms with Crippen molar-refractivity contribution in [3.63, 3.8) is 0 Å². The van der Waals surface area contributed by atoms with Crippen LogP contribution in [0.1, 0.15) is 26.2 Å². The Morgan fingerprint density at radius 3 is 2.62 bits per heavy atom. The molecule has 1 fully saturated rings. The summed E-state index contributed by atoms with van der Waals surface area (Å²) in [6.07, 6.45) is -1.11. The lowest BCUT2D eigenvalue weighted by atomic mass is 10.1. The molecule has 0 spiro atoms. The largest absolute Gasteiger partial charge is 0.306 e. The SMILES string of the molecule is CCCC(C(F)C1CCOS1(=O)=O)S(=O)O. The molecule has 0 aromatic rings. The molecule has 0 aromatic heterocycles. The van der Waals surface area contributed by atoms with Gasteiger partial charge in [-0.2, -0.15) is 8.42 Å². The molecule has 0 saturated carbocycles. The first kappa shape index (κ1) is 14.0. The molecule has 0 bridgehead atoms. The highest BCUT2D eigenvalue weighted by Gasteiger charge is 2.44. The second-order valence-corrected chi connectivity index (χ2v) is 6.67. The van der Waals surface area contributed by atoms with Gasteiger partial charge < -0.3 is 4.55 Å². The van der Waals surface area contributed by atoms with Gasteiger partial charge in [-0.25, -0.2) is 8.60 Å². The van der Waals surface area contributed by atoms with Crippen molar-refractivity contribution in [1.82, 2.24) is 0 Å². The fourth-order valence-electron chi connectivity index (χ4n) is 1.73. The van der Waals surface area contributed by atoms with Gasteiger partial charge in [0.1, 0.15) is 11.4 Å². The minimum Gasteiger partial charge on any atom is -0.306 e. The third-order valence-corrected chi connectivity index (χ3v) is 5.31. The fraction of sp³-hybridized carbons (Fsp3) is 1.00. The van der Waals surface area contributed by atoms with E-state index in [9.17, 15) is 17.0 Å². The summed E-state index contributed by atoms with van der Waals surface area (Å²) in [5, 5.41) is -2.47. The minimum atomic E-state index is -3.90. The third-order valence-electron chi connectivity index (χ3n) is 2.56. The fourth-order valence-corrected chi connectivity index (χ4v) is 4.07. The summed E-state index contributed by atoms with van der Waals surface area (Å²) in [5.74, 6) is 0. The lowest BCUT2D eigenvalue weighted by Gasteiger charge is -2.20. The van der Waals surface area contributed by atoms with Crippen LogP contribution in [0.25, 0.3) is 0 Å². The molecular weight excluding hydrogens is 259 g/mol. The van der Waals surface area contributed by atoms with Gasteiger partial charge in [-0.05, 0) is 12.8 Å². The van der Waals surface area contributed by atoms with Crippen LogP contribution in [0, 0.1) is 0 Å². The number of rotatable bonds is 5. The molecule has 16 heavy (non-hydrogen) atoms. The van der Waals surface area contributed by atoms with Crippen molar-refractivity contribution < 1.29 is 25.8 Å². The topological polar surface area (TPSA) is 80.7 Å². The first-order chi connectivity index (χ1) is 7.40. The van der Waals surface area contributed by atoms with Gasteiger partial charge in [0.05, 0.1) is 11.9 Å². The molecule has 4 atom stereocenters. The Kier molecular flexibility index (Phi) is 4.84.